The molecule has 30 heavy (non-hydrogen) atoms. The Balaban J connectivity index is 2.91. The van der Waals surface area contributed by atoms with Gasteiger partial charge in [0.1, 0.15) is 0 Å². The molecule has 0 fully saturated rings. The fourth-order valence-corrected chi connectivity index (χ4v) is 5.35. The summed E-state index contributed by atoms with van der Waals surface area (Å²) >= 11 is 1.83. The fraction of sp³-hybridized carbons (Fsp3) is 0.615. The second-order valence-corrected chi connectivity index (χ2v) is 16.7. The van der Waals surface area contributed by atoms with E-state index in [0.717, 1.165) is 12.8 Å². The van der Waals surface area contributed by atoms with Crippen LogP contribution in [0.2, 0.25) is 18.1 Å². The van der Waals surface area contributed by atoms with E-state index < -0.39 is 13.9 Å². The smallest absolute Gasteiger partial charge is 0.192 e. The van der Waals surface area contributed by atoms with Gasteiger partial charge in [-0.1, -0.05) is 62.3 Å². The minimum absolute atomic E-state index is 0.142. The van der Waals surface area contributed by atoms with Crippen molar-refractivity contribution in [2.24, 2.45) is 0 Å². The summed E-state index contributed by atoms with van der Waals surface area (Å²) in [5, 5.41) is 11.5. The van der Waals surface area contributed by atoms with Crippen LogP contribution in [0.25, 0.3) is 0 Å². The topological polar surface area (TPSA) is 29.5 Å². The first-order chi connectivity index (χ1) is 13.7. The van der Waals surface area contributed by atoms with Crippen LogP contribution in [0.15, 0.2) is 58.5 Å². The quantitative estimate of drug-likeness (QED) is 0.211. The Hall–Kier alpha value is -0.813. The second kappa shape index (κ2) is 11.7. The third-order valence-corrected chi connectivity index (χ3v) is 11.4. The van der Waals surface area contributed by atoms with Crippen molar-refractivity contribution in [3.63, 3.8) is 0 Å². The molecule has 170 valence electrons. The van der Waals surface area contributed by atoms with Gasteiger partial charge in [0.25, 0.3) is 0 Å². The zero-order valence-electron chi connectivity index (χ0n) is 20.7. The predicted octanol–water partition coefficient (Wildman–Crippen LogP) is 8.00. The summed E-state index contributed by atoms with van der Waals surface area (Å²) in [4.78, 5) is 1.23. The molecule has 2 nitrogen and oxygen atoms in total. The monoisotopic (exact) mass is 448 g/mol. The van der Waals surface area contributed by atoms with Crippen molar-refractivity contribution in [3.8, 4) is 0 Å². The number of hydrogen-bond donors (Lipinski definition) is 1. The molecule has 0 amide bonds. The van der Waals surface area contributed by atoms with Crippen LogP contribution >= 0.6 is 11.8 Å². The van der Waals surface area contributed by atoms with E-state index in [2.05, 4.69) is 91.1 Å². The van der Waals surface area contributed by atoms with Crippen LogP contribution in [0.3, 0.4) is 0 Å². The SMILES string of the molecule is CC(C)=CCC/C(C)=C/C(C[C@@](C)(O)CO[Si](C)(C)C(C)(C)C)Sc1ccccc1. The highest BCUT2D eigenvalue weighted by molar-refractivity contribution is 8.00. The van der Waals surface area contributed by atoms with Crippen LogP contribution in [0.4, 0.5) is 0 Å². The van der Waals surface area contributed by atoms with E-state index in [4.69, 9.17) is 4.43 Å². The average Bonchev–Trinajstić information content (AvgIpc) is 2.59. The number of thioether (sulfide) groups is 1. The molecule has 4 heteroatoms. The molecule has 0 bridgehead atoms. The lowest BCUT2D eigenvalue weighted by Gasteiger charge is -2.39. The van der Waals surface area contributed by atoms with Gasteiger partial charge in [0.05, 0.1) is 12.2 Å². The minimum Gasteiger partial charge on any atom is -0.414 e. The van der Waals surface area contributed by atoms with Gasteiger partial charge in [-0.3, -0.25) is 0 Å². The van der Waals surface area contributed by atoms with Gasteiger partial charge in [-0.05, 0) is 77.2 Å². The van der Waals surface area contributed by atoms with Crippen LogP contribution in [0.5, 0.6) is 0 Å². The Morgan fingerprint density at radius 3 is 2.23 bits per heavy atom. The van der Waals surface area contributed by atoms with Crippen LogP contribution in [-0.2, 0) is 4.43 Å². The first-order valence-corrected chi connectivity index (χ1v) is 14.9. The lowest BCUT2D eigenvalue weighted by atomic mass is 9.99. The van der Waals surface area contributed by atoms with E-state index in [1.165, 1.54) is 16.0 Å². The van der Waals surface area contributed by atoms with Crippen molar-refractivity contribution in [1.82, 2.24) is 0 Å². The summed E-state index contributed by atoms with van der Waals surface area (Å²) in [5.74, 6) is 0. The van der Waals surface area contributed by atoms with Gasteiger partial charge in [-0.15, -0.1) is 11.8 Å². The Morgan fingerprint density at radius 1 is 1.10 bits per heavy atom. The summed E-state index contributed by atoms with van der Waals surface area (Å²) in [6, 6.07) is 10.5. The van der Waals surface area contributed by atoms with Crippen LogP contribution in [0, 0.1) is 0 Å². The highest BCUT2D eigenvalue weighted by Crippen LogP contribution is 2.38. The molecule has 0 aromatic heterocycles. The third-order valence-electron chi connectivity index (χ3n) is 5.78. The van der Waals surface area contributed by atoms with Crippen LogP contribution < -0.4 is 0 Å². The number of rotatable bonds is 11. The van der Waals surface area contributed by atoms with Crippen molar-refractivity contribution in [2.45, 2.75) is 102 Å². The molecule has 2 atom stereocenters. The van der Waals surface area contributed by atoms with Gasteiger partial charge in [-0.25, -0.2) is 0 Å². The standard InChI is InChI=1S/C26H44O2SSi/c1-21(2)14-13-15-22(3)18-24(29-23-16-11-10-12-17-23)19-26(7,27)20-28-30(8,9)25(4,5)6/h10-12,14,16-18,24,27H,13,15,19-20H2,1-9H3/b22-18+/t24?,26-/m1/s1. The molecule has 0 radical (unpaired) electrons. The summed E-state index contributed by atoms with van der Waals surface area (Å²) in [6.07, 6.45) is 7.43. The highest BCUT2D eigenvalue weighted by Gasteiger charge is 2.39. The minimum atomic E-state index is -1.89. The molecule has 0 saturated heterocycles. The largest absolute Gasteiger partial charge is 0.414 e. The fourth-order valence-electron chi connectivity index (χ4n) is 2.84. The lowest BCUT2D eigenvalue weighted by Crippen LogP contribution is -2.46. The van der Waals surface area contributed by atoms with Crippen molar-refractivity contribution in [2.75, 3.05) is 6.61 Å². The maximum Gasteiger partial charge on any atom is 0.192 e. The van der Waals surface area contributed by atoms with E-state index in [0.29, 0.717) is 13.0 Å². The number of aliphatic hydroxyl groups is 1. The van der Waals surface area contributed by atoms with Crippen molar-refractivity contribution in [1.29, 1.82) is 0 Å². The molecule has 1 rings (SSSR count). The van der Waals surface area contributed by atoms with Crippen molar-refractivity contribution in [3.05, 3.63) is 53.6 Å². The molecular formula is C26H44O2SSi. The zero-order valence-corrected chi connectivity index (χ0v) is 22.5. The van der Waals surface area contributed by atoms with Gasteiger partial charge >= 0.3 is 0 Å². The number of hydrogen-bond acceptors (Lipinski definition) is 3. The van der Waals surface area contributed by atoms with Crippen molar-refractivity contribution < 1.29 is 9.53 Å². The zero-order chi connectivity index (χ0) is 23.0. The van der Waals surface area contributed by atoms with Crippen molar-refractivity contribution >= 4 is 20.1 Å². The summed E-state index contributed by atoms with van der Waals surface area (Å²) in [6.45, 7) is 20.0. The predicted molar refractivity (Wildman–Crippen MR) is 137 cm³/mol. The summed E-state index contributed by atoms with van der Waals surface area (Å²) < 4.78 is 6.36. The van der Waals surface area contributed by atoms with Gasteiger partial charge in [0, 0.05) is 10.1 Å². The second-order valence-electron chi connectivity index (χ2n) is 10.6. The van der Waals surface area contributed by atoms with Gasteiger partial charge < -0.3 is 9.53 Å². The van der Waals surface area contributed by atoms with Gasteiger partial charge in [0.2, 0.25) is 0 Å². The van der Waals surface area contributed by atoms with Crippen LogP contribution in [-0.4, -0.2) is 30.9 Å². The van der Waals surface area contributed by atoms with Gasteiger partial charge in [-0.2, -0.15) is 0 Å². The molecular weight excluding hydrogens is 404 g/mol. The molecule has 1 N–H and O–H groups in total. The molecule has 0 aliphatic heterocycles. The normalized spacial score (nSPS) is 16.1. The van der Waals surface area contributed by atoms with Gasteiger partial charge in [0.15, 0.2) is 8.32 Å². The number of allylic oxidation sites excluding steroid dienone is 3. The summed E-state index contributed by atoms with van der Waals surface area (Å²) in [5.41, 5.74) is 1.88. The molecule has 0 saturated carbocycles. The maximum atomic E-state index is 11.2. The number of benzene rings is 1. The molecule has 1 aromatic rings. The molecule has 0 spiro atoms. The molecule has 1 aromatic carbocycles. The van der Waals surface area contributed by atoms with E-state index in [-0.39, 0.29) is 10.3 Å². The Labute approximate surface area is 191 Å². The molecule has 1 unspecified atom stereocenters. The molecule has 0 aliphatic carbocycles. The van der Waals surface area contributed by atoms with E-state index in [1.807, 2.05) is 24.8 Å². The van der Waals surface area contributed by atoms with E-state index in [9.17, 15) is 5.11 Å². The lowest BCUT2D eigenvalue weighted by molar-refractivity contribution is 0.00150. The first-order valence-electron chi connectivity index (χ1n) is 11.1. The Bertz CT molecular complexity index is 695. The van der Waals surface area contributed by atoms with Crippen LogP contribution in [0.1, 0.15) is 67.7 Å². The highest BCUT2D eigenvalue weighted by atomic mass is 32.2. The van der Waals surface area contributed by atoms with E-state index in [1.54, 1.807) is 0 Å². The third kappa shape index (κ3) is 10.5. The maximum absolute atomic E-state index is 11.2. The Kier molecular flexibility index (Phi) is 10.6. The average molecular weight is 449 g/mol. The Morgan fingerprint density at radius 2 is 1.70 bits per heavy atom. The molecule has 0 aliphatic rings. The first kappa shape index (κ1) is 27.2. The van der Waals surface area contributed by atoms with E-state index >= 15 is 0 Å². The summed E-state index contributed by atoms with van der Waals surface area (Å²) in [7, 11) is -1.89. The molecule has 0 heterocycles.